The third-order valence-electron chi connectivity index (χ3n) is 8.11. The summed E-state index contributed by atoms with van der Waals surface area (Å²) >= 11 is 4.64. The number of allylic oxidation sites excluding steroid dienone is 4. The van der Waals surface area contributed by atoms with Crippen molar-refractivity contribution in [1.82, 2.24) is 15.0 Å². The molecule has 14 heteroatoms. The standard InChI is InChI=1S/C30H40FN5O5S.C5H12.C3H8.CH3Cl.H2O/c1-9-12-26-32-30(13-10-11-14-30)29(37)36(26)17-18(2)15-23(31)20(4)27-25(16-24(40-8)21(5)35(27)7)42(38,39)34-28-19(3)22(6)41-33-28;1-5(2,3)4;1-3-2;1-2;/h15-16H,5,9-14,17H2,1-4,6-8H3,(H,33,34);1-4H3;3H2,1-2H3;1H3;1H2/b18-15+,23-20-;;;;. The monoisotopic (exact) mass is 785 g/mol. The molecule has 11 nitrogen and oxygen atoms in total. The first kappa shape index (κ1) is 49.6. The number of nitrogens with zero attached hydrogens (tertiary/aromatic N) is 4. The fourth-order valence-electron chi connectivity index (χ4n) is 5.57. The summed E-state index contributed by atoms with van der Waals surface area (Å²) in [5, 5.41) is 3.80. The number of carbonyl (C=O) groups excluding carboxylic acids is 1. The van der Waals surface area contributed by atoms with E-state index in [2.05, 4.69) is 69.6 Å². The number of likely N-dealkylation sites (N-methyl/N-ethyl adjacent to an activating group) is 1. The van der Waals surface area contributed by atoms with E-state index >= 15 is 4.39 Å². The molecule has 0 atom stereocenters. The van der Waals surface area contributed by atoms with Gasteiger partial charge in [-0.05, 0) is 58.4 Å². The lowest BCUT2D eigenvalue weighted by molar-refractivity contribution is -0.130. The van der Waals surface area contributed by atoms with Gasteiger partial charge in [0.1, 0.15) is 33.6 Å². The Kier molecular flexibility index (Phi) is 20.1. The van der Waals surface area contributed by atoms with Crippen LogP contribution in [0.25, 0.3) is 0 Å². The van der Waals surface area contributed by atoms with Crippen molar-refractivity contribution in [2.75, 3.05) is 31.8 Å². The van der Waals surface area contributed by atoms with Crippen LogP contribution in [0.1, 0.15) is 119 Å². The highest BCUT2D eigenvalue weighted by atomic mass is 35.5. The second kappa shape index (κ2) is 21.5. The Balaban J connectivity index is 0.00000220. The summed E-state index contributed by atoms with van der Waals surface area (Å²) in [6.45, 7) is 25.8. The number of hydrogen-bond donors (Lipinski definition) is 1. The van der Waals surface area contributed by atoms with Crippen LogP contribution in [0.15, 0.2) is 67.3 Å². The second-order valence-corrected chi connectivity index (χ2v) is 16.5. The molecule has 0 aromatic carbocycles. The Morgan fingerprint density at radius 3 is 2.13 bits per heavy atom. The van der Waals surface area contributed by atoms with Crippen LogP contribution in [0.3, 0.4) is 0 Å². The third-order valence-corrected chi connectivity index (χ3v) is 9.47. The fourth-order valence-corrected chi connectivity index (χ4v) is 6.93. The molecule has 1 fully saturated rings. The van der Waals surface area contributed by atoms with Crippen LogP contribution in [0.4, 0.5) is 10.2 Å². The summed E-state index contributed by atoms with van der Waals surface area (Å²) in [4.78, 5) is 21.2. The molecule has 0 saturated heterocycles. The normalized spacial score (nSPS) is 17.4. The smallest absolute Gasteiger partial charge is 0.265 e. The van der Waals surface area contributed by atoms with E-state index in [1.165, 1.54) is 43.9 Å². The number of hydrogen-bond acceptors (Lipinski definition) is 8. The molecule has 1 saturated carbocycles. The van der Waals surface area contributed by atoms with E-state index in [0.29, 0.717) is 34.4 Å². The van der Waals surface area contributed by atoms with Gasteiger partial charge < -0.3 is 19.6 Å². The molecule has 1 aromatic heterocycles. The van der Waals surface area contributed by atoms with Gasteiger partial charge in [0.2, 0.25) is 0 Å². The van der Waals surface area contributed by atoms with E-state index < -0.39 is 21.4 Å². The molecule has 0 unspecified atom stereocenters. The number of ether oxygens (including phenoxy) is 1. The predicted octanol–water partition coefficient (Wildman–Crippen LogP) is 9.28. The maximum Gasteiger partial charge on any atom is 0.265 e. The lowest BCUT2D eigenvalue weighted by Gasteiger charge is -2.32. The highest BCUT2D eigenvalue weighted by Crippen LogP contribution is 2.40. The zero-order valence-corrected chi connectivity index (χ0v) is 36.1. The minimum Gasteiger partial charge on any atom is -0.495 e. The van der Waals surface area contributed by atoms with Crippen LogP contribution >= 0.6 is 11.6 Å². The number of sulfonamides is 1. The van der Waals surface area contributed by atoms with E-state index in [1.54, 1.807) is 32.7 Å². The predicted molar refractivity (Wildman–Crippen MR) is 217 cm³/mol. The molecular formula is C39H65ClFN5O6S. The Hall–Kier alpha value is -3.42. The van der Waals surface area contributed by atoms with E-state index in [-0.39, 0.29) is 45.7 Å². The largest absolute Gasteiger partial charge is 0.495 e. The van der Waals surface area contributed by atoms with Crippen molar-refractivity contribution in [3.63, 3.8) is 0 Å². The van der Waals surface area contributed by atoms with Gasteiger partial charge in [0.15, 0.2) is 5.82 Å². The Morgan fingerprint density at radius 1 is 1.15 bits per heavy atom. The Morgan fingerprint density at radius 2 is 1.68 bits per heavy atom. The molecule has 4 rings (SSSR count). The van der Waals surface area contributed by atoms with Gasteiger partial charge in [-0.2, -0.15) is 0 Å². The first-order valence-electron chi connectivity index (χ1n) is 17.9. The summed E-state index contributed by atoms with van der Waals surface area (Å²) in [5.41, 5.74) is 1.47. The molecule has 0 bridgehead atoms. The maximum atomic E-state index is 16.0. The number of aryl methyl sites for hydroxylation is 1. The number of halogens is 2. The molecule has 1 aliphatic carbocycles. The lowest BCUT2D eigenvalue weighted by atomic mass is 9.98. The summed E-state index contributed by atoms with van der Waals surface area (Å²) in [5.74, 6) is 0.808. The molecule has 3 aliphatic rings. The molecule has 1 aromatic rings. The van der Waals surface area contributed by atoms with Crippen molar-refractivity contribution in [3.8, 4) is 0 Å². The average molecular weight is 786 g/mol. The Bertz CT molecular complexity index is 1670. The van der Waals surface area contributed by atoms with Crippen LogP contribution < -0.4 is 4.72 Å². The zero-order valence-electron chi connectivity index (χ0n) is 34.5. The number of methoxy groups -OCH3 is 1. The topological polar surface area (TPSA) is 149 Å². The van der Waals surface area contributed by atoms with Crippen LogP contribution in [0, 0.1) is 19.3 Å². The van der Waals surface area contributed by atoms with Gasteiger partial charge in [0.25, 0.3) is 15.9 Å². The van der Waals surface area contributed by atoms with Crippen molar-refractivity contribution in [2.24, 2.45) is 10.4 Å². The number of amidine groups is 1. The first-order chi connectivity index (χ1) is 24.2. The molecule has 53 heavy (non-hydrogen) atoms. The van der Waals surface area contributed by atoms with Crippen molar-refractivity contribution in [1.29, 1.82) is 0 Å². The molecule has 1 spiro atoms. The summed E-state index contributed by atoms with van der Waals surface area (Å²) in [6, 6.07) is 0. The van der Waals surface area contributed by atoms with Crippen LogP contribution in [-0.4, -0.2) is 73.2 Å². The average Bonchev–Trinajstić information content (AvgIpc) is 3.73. The lowest BCUT2D eigenvalue weighted by Crippen LogP contribution is -2.41. The number of nitrogens with one attached hydrogen (secondary N) is 1. The second-order valence-electron chi connectivity index (χ2n) is 14.8. The number of aliphatic imine (C=N–C) groups is 1. The molecule has 0 radical (unpaired) electrons. The van der Waals surface area contributed by atoms with Gasteiger partial charge in [-0.25, -0.2) is 12.8 Å². The molecule has 1 amide bonds. The maximum absolute atomic E-state index is 16.0. The number of carbonyl (C=O) groups is 1. The quantitative estimate of drug-likeness (QED) is 0.184. The van der Waals surface area contributed by atoms with Crippen molar-refractivity contribution in [3.05, 3.63) is 69.1 Å². The zero-order chi connectivity index (χ0) is 40.2. The summed E-state index contributed by atoms with van der Waals surface area (Å²) in [6.07, 6.45) is 10.3. The van der Waals surface area contributed by atoms with Crippen LogP contribution in [0.2, 0.25) is 0 Å². The van der Waals surface area contributed by atoms with Crippen molar-refractivity contribution < 1.29 is 32.3 Å². The molecular weight excluding hydrogens is 721 g/mol. The number of aromatic nitrogens is 1. The Labute approximate surface area is 323 Å². The van der Waals surface area contributed by atoms with E-state index in [1.807, 2.05) is 6.92 Å². The van der Waals surface area contributed by atoms with E-state index in [9.17, 15) is 13.2 Å². The molecule has 3 N–H and O–H groups in total. The van der Waals surface area contributed by atoms with Gasteiger partial charge in [-0.3, -0.25) is 19.4 Å². The number of rotatable bonds is 10. The minimum atomic E-state index is -4.28. The highest BCUT2D eigenvalue weighted by Gasteiger charge is 2.49. The van der Waals surface area contributed by atoms with Gasteiger partial charge in [0.05, 0.1) is 18.5 Å². The van der Waals surface area contributed by atoms with Crippen molar-refractivity contribution in [2.45, 2.75) is 127 Å². The van der Waals surface area contributed by atoms with E-state index in [4.69, 9.17) is 14.3 Å². The van der Waals surface area contributed by atoms with Crippen LogP contribution in [-0.2, 0) is 19.6 Å². The summed E-state index contributed by atoms with van der Waals surface area (Å²) in [7, 11) is -1.28. The fraction of sp³-hybridized carbons (Fsp3) is 0.615. The van der Waals surface area contributed by atoms with Gasteiger partial charge in [0, 0.05) is 43.6 Å². The van der Waals surface area contributed by atoms with Gasteiger partial charge >= 0.3 is 0 Å². The molecule has 3 heterocycles. The van der Waals surface area contributed by atoms with E-state index in [0.717, 1.165) is 37.9 Å². The summed E-state index contributed by atoms with van der Waals surface area (Å²) < 4.78 is 56.2. The third kappa shape index (κ3) is 13.1. The molecule has 302 valence electrons. The molecule has 2 aliphatic heterocycles. The van der Waals surface area contributed by atoms with Crippen LogP contribution in [0.5, 0.6) is 0 Å². The SMILES string of the molecule is C=C1C(OC)=CC(S(=O)(=O)Nc2noc(C)c2C)=C(/C(C)=C(F)/C=C(\C)CN2C(=O)C3(CCCC3)N=C2CCC)N1C.CC(C)(C)C.CCC.CCl.O. The number of alkyl halides is 1. The number of anilines is 1. The van der Waals surface area contributed by atoms with Crippen molar-refractivity contribution >= 4 is 39.2 Å². The van der Waals surface area contributed by atoms with Gasteiger partial charge in [-0.1, -0.05) is 85.0 Å². The van der Waals surface area contributed by atoms with Gasteiger partial charge in [-0.15, -0.1) is 11.6 Å². The minimum absolute atomic E-state index is 0. The highest BCUT2D eigenvalue weighted by molar-refractivity contribution is 7.96. The number of amides is 1. The first-order valence-corrected chi connectivity index (χ1v) is 20.1.